The van der Waals surface area contributed by atoms with E-state index < -0.39 is 0 Å². The molecule has 0 atom stereocenters. The summed E-state index contributed by atoms with van der Waals surface area (Å²) in [6, 6.07) is 18.0. The predicted octanol–water partition coefficient (Wildman–Crippen LogP) is 13.8. The van der Waals surface area contributed by atoms with Gasteiger partial charge in [-0.3, -0.25) is 0 Å². The van der Waals surface area contributed by atoms with Gasteiger partial charge < -0.3 is 0 Å². The maximum Gasteiger partial charge on any atom is -0.0386 e. The van der Waals surface area contributed by atoms with Crippen molar-refractivity contribution in [2.24, 2.45) is 0 Å². The van der Waals surface area contributed by atoms with Crippen LogP contribution in [0.4, 0.5) is 0 Å². The number of hydrogen-bond donors (Lipinski definition) is 0. The number of hydrogen-bond acceptors (Lipinski definition) is 0. The van der Waals surface area contributed by atoms with E-state index in [4.69, 9.17) is 0 Å². The molecule has 2 heterocycles. The minimum Gasteiger partial charge on any atom is -0.0499 e. The molecule has 6 aromatic rings. The Hall–Kier alpha value is -2.75. The fraction of sp³-hybridized carbons (Fsp3) is 0.250. The van der Waals surface area contributed by atoms with Crippen LogP contribution in [0, 0.1) is 132 Å². The van der Waals surface area contributed by atoms with Crippen LogP contribution >= 0.6 is 28.5 Å². The number of aromatic nitrogens is 4. The average molecular weight is 968 g/mol. The number of halogens is 2. The third-order valence-corrected chi connectivity index (χ3v) is 12.2. The molecule has 6 radical (unpaired) electrons. The zero-order chi connectivity index (χ0) is 42.0. The maximum absolute atomic E-state index is 3.66. The Morgan fingerprint density at radius 2 is 0.500 bits per heavy atom. The van der Waals surface area contributed by atoms with Crippen LogP contribution in [0.5, 0.6) is 0 Å². The molecular weight excluding hydrogens is 910 g/mol. The normalized spacial score (nSPS) is 10.8. The largest absolute Gasteiger partial charge is 0.0499 e. The first kappa shape index (κ1) is 47.6. The standard InChI is InChI=1S/2C21H24N2.2C3H5.2BrH.2Ni/c2*1-14-9-16(3)20(17(4)10-14)22-7-8-23(13-22)21-18(5)11-15(2)12-19(21)6;2*1-3-2;;;;/h2*7-12H,1-6H3;2*3H,1-2H2;2*1H;;/q;;;;;;2*+1/p-2. The van der Waals surface area contributed by atoms with Gasteiger partial charge in [-0.05, 0) is 40.5 Å². The molecule has 0 aliphatic rings. The number of nitrogens with zero attached hydrogens (tertiary/aromatic N) is 4. The van der Waals surface area contributed by atoms with E-state index in [-0.39, 0.29) is 0 Å². The summed E-state index contributed by atoms with van der Waals surface area (Å²) in [5, 5.41) is 0. The Morgan fingerprint density at radius 3 is 0.625 bits per heavy atom. The summed E-state index contributed by atoms with van der Waals surface area (Å²) < 4.78 is 11.5. The third-order valence-electron chi connectivity index (χ3n) is 9.08. The smallest absolute Gasteiger partial charge is 0.0386 e. The van der Waals surface area contributed by atoms with Crippen LogP contribution < -0.4 is 0 Å². The number of benzene rings is 4. The van der Waals surface area contributed by atoms with Crippen molar-refractivity contribution in [3.8, 4) is 22.7 Å². The molecule has 0 saturated carbocycles. The third kappa shape index (κ3) is 11.2. The molecule has 0 amide bonds. The summed E-state index contributed by atoms with van der Waals surface area (Å²) in [4.78, 5) is 0. The number of imidazole rings is 2. The Labute approximate surface area is 363 Å². The Bertz CT molecular complexity index is 2000. The first-order chi connectivity index (χ1) is 26.5. The van der Waals surface area contributed by atoms with Gasteiger partial charge in [-0.15, -0.1) is 0 Å². The molecule has 0 bridgehead atoms. The average Bonchev–Trinajstić information content (AvgIpc) is 3.68. The van der Waals surface area contributed by atoms with Crippen LogP contribution in [-0.4, -0.2) is 18.3 Å². The van der Waals surface area contributed by atoms with Gasteiger partial charge in [0.1, 0.15) is 0 Å². The molecule has 0 spiro atoms. The van der Waals surface area contributed by atoms with E-state index in [2.05, 4.69) is 231 Å². The van der Waals surface area contributed by atoms with Crippen LogP contribution in [0.2, 0.25) is 0 Å². The maximum atomic E-state index is 3.66. The monoisotopic (exact) mass is 964 g/mol. The van der Waals surface area contributed by atoms with E-state index in [1.165, 1.54) is 127 Å². The second kappa shape index (κ2) is 21.8. The van der Waals surface area contributed by atoms with Gasteiger partial charge in [0.25, 0.3) is 0 Å². The molecule has 0 saturated heterocycles. The molecule has 8 heteroatoms. The molecule has 6 rings (SSSR count). The first-order valence-electron chi connectivity index (χ1n) is 18.3. The van der Waals surface area contributed by atoms with E-state index in [0.29, 0.717) is 0 Å². The first-order valence-corrected chi connectivity index (χ1v) is 24.2. The van der Waals surface area contributed by atoms with Crippen molar-refractivity contribution in [1.29, 1.82) is 0 Å². The van der Waals surface area contributed by atoms with Gasteiger partial charge >= 0.3 is 326 Å². The Kier molecular flexibility index (Phi) is 18.6. The fourth-order valence-electron chi connectivity index (χ4n) is 7.69. The Balaban J connectivity index is 0.000000264. The van der Waals surface area contributed by atoms with E-state index in [0.717, 1.165) is 8.79 Å². The van der Waals surface area contributed by atoms with Crippen molar-refractivity contribution >= 4 is 28.5 Å². The fourth-order valence-corrected chi connectivity index (χ4v) is 10.8. The van der Waals surface area contributed by atoms with Crippen molar-refractivity contribution in [1.82, 2.24) is 18.3 Å². The van der Waals surface area contributed by atoms with Gasteiger partial charge in [0.05, 0.1) is 0 Å². The van der Waals surface area contributed by atoms with Crippen LogP contribution in [-0.2, 0) is 24.5 Å². The molecule has 0 fully saturated rings. The van der Waals surface area contributed by atoms with Gasteiger partial charge in [0.2, 0.25) is 0 Å². The molecule has 2 aromatic heterocycles. The molecule has 4 nitrogen and oxygen atoms in total. The zero-order valence-electron chi connectivity index (χ0n) is 35.1. The molecule has 4 aromatic carbocycles. The van der Waals surface area contributed by atoms with Gasteiger partial charge in [-0.2, -0.15) is 0 Å². The number of rotatable bonds is 4. The zero-order valence-corrected chi connectivity index (χ0v) is 40.2. The summed E-state index contributed by atoms with van der Waals surface area (Å²) in [6.07, 6.45) is 11.7. The summed E-state index contributed by atoms with van der Waals surface area (Å²) in [7, 11) is 0. The van der Waals surface area contributed by atoms with Crippen molar-refractivity contribution in [2.75, 3.05) is 0 Å². The second-order valence-corrected chi connectivity index (χ2v) is 17.6. The van der Waals surface area contributed by atoms with Gasteiger partial charge in [0, 0.05) is 0 Å². The summed E-state index contributed by atoms with van der Waals surface area (Å²) in [5.41, 5.74) is 20.6. The van der Waals surface area contributed by atoms with Gasteiger partial charge in [0.15, 0.2) is 0 Å². The molecule has 0 unspecified atom stereocenters. The molecule has 0 aliphatic carbocycles. The molecular formula is C48H58Br2N4Ni2. The molecule has 0 N–H and O–H groups in total. The Morgan fingerprint density at radius 1 is 0.357 bits per heavy atom. The summed E-state index contributed by atoms with van der Waals surface area (Å²) in [5.74, 6) is 0. The molecule has 0 aliphatic heterocycles. The SMILES string of the molecule is Cc1cc(C)c(-n2ccn(-c3c(C)cc(C)cc3C)[c]2=[Ni][Br])c(C)c1.Cc1cc(C)c(-n2ccn(-c3c(C)cc(C)cc3C)[c]2=[Ni][Br])c(C)c1.[CH2][CH][CH2].[CH2][CH][CH2]. The molecule has 304 valence electrons. The van der Waals surface area contributed by atoms with E-state index in [9.17, 15) is 0 Å². The molecule has 56 heavy (non-hydrogen) atoms. The minimum absolute atomic E-state index is 1.16. The van der Waals surface area contributed by atoms with Crippen molar-refractivity contribution in [2.45, 2.75) is 83.1 Å². The van der Waals surface area contributed by atoms with Crippen molar-refractivity contribution in [3.63, 3.8) is 0 Å². The quantitative estimate of drug-likeness (QED) is 0.157. The number of aryl methyl sites for hydroxylation is 12. The van der Waals surface area contributed by atoms with Crippen LogP contribution in [0.1, 0.15) is 66.8 Å². The van der Waals surface area contributed by atoms with Gasteiger partial charge in [-0.25, -0.2) is 0 Å². The minimum atomic E-state index is 1.16. The second-order valence-electron chi connectivity index (χ2n) is 14.2. The van der Waals surface area contributed by atoms with E-state index in [1.807, 2.05) is 0 Å². The summed E-state index contributed by atoms with van der Waals surface area (Å²) >= 11 is 10.1. The van der Waals surface area contributed by atoms with Crippen molar-refractivity contribution < 1.29 is 24.5 Å². The van der Waals surface area contributed by atoms with Crippen LogP contribution in [0.15, 0.2) is 73.3 Å². The predicted molar refractivity (Wildman–Crippen MR) is 241 cm³/mol. The van der Waals surface area contributed by atoms with Crippen LogP contribution in [0.25, 0.3) is 22.7 Å². The van der Waals surface area contributed by atoms with E-state index in [1.54, 1.807) is 0 Å². The topological polar surface area (TPSA) is 19.7 Å². The van der Waals surface area contributed by atoms with E-state index >= 15 is 0 Å². The van der Waals surface area contributed by atoms with Crippen molar-refractivity contribution in [3.05, 3.63) is 189 Å². The summed E-state index contributed by atoms with van der Waals surface area (Å²) in [6.45, 7) is 39.1. The van der Waals surface area contributed by atoms with Crippen LogP contribution in [0.3, 0.4) is 0 Å². The van der Waals surface area contributed by atoms with Gasteiger partial charge in [-0.1, -0.05) is 0 Å².